The Kier molecular flexibility index (Phi) is 4.50. The predicted molar refractivity (Wildman–Crippen MR) is 80.8 cm³/mol. The second-order valence-corrected chi connectivity index (χ2v) is 5.18. The first-order chi connectivity index (χ1) is 9.08. The molecule has 19 heavy (non-hydrogen) atoms. The van der Waals surface area contributed by atoms with E-state index in [-0.39, 0.29) is 4.99 Å². The van der Waals surface area contributed by atoms with Crippen molar-refractivity contribution in [1.82, 2.24) is 0 Å². The van der Waals surface area contributed by atoms with Gasteiger partial charge in [0.25, 0.3) is 0 Å². The lowest BCUT2D eigenvalue weighted by atomic mass is 10.2. The summed E-state index contributed by atoms with van der Waals surface area (Å²) in [4.78, 5) is 0.113. The summed E-state index contributed by atoms with van der Waals surface area (Å²) in [6.45, 7) is 0.350. The van der Waals surface area contributed by atoms with E-state index in [2.05, 4.69) is 15.9 Å². The number of hydrogen-bond donors (Lipinski definition) is 1. The molecule has 0 aromatic heterocycles. The summed E-state index contributed by atoms with van der Waals surface area (Å²) in [5.74, 6) is 0.0840. The van der Waals surface area contributed by atoms with E-state index in [0.29, 0.717) is 17.9 Å². The highest BCUT2D eigenvalue weighted by Crippen LogP contribution is 2.23. The lowest BCUT2D eigenvalue weighted by Gasteiger charge is -2.11. The highest BCUT2D eigenvalue weighted by Gasteiger charge is 2.09. The van der Waals surface area contributed by atoms with E-state index in [1.54, 1.807) is 0 Å². The number of rotatable bonds is 4. The van der Waals surface area contributed by atoms with Crippen LogP contribution in [0.15, 0.2) is 46.9 Å². The maximum Gasteiger partial charge on any atom is 0.130 e. The summed E-state index contributed by atoms with van der Waals surface area (Å²) in [6, 6.07) is 11.8. The molecule has 2 aromatic rings. The van der Waals surface area contributed by atoms with Crippen LogP contribution >= 0.6 is 28.1 Å². The minimum Gasteiger partial charge on any atom is -0.488 e. The number of thiocarbonyl (C=S) groups is 1. The van der Waals surface area contributed by atoms with E-state index in [0.717, 1.165) is 10.0 Å². The van der Waals surface area contributed by atoms with Crippen LogP contribution in [0, 0.1) is 5.82 Å². The second kappa shape index (κ2) is 6.12. The van der Waals surface area contributed by atoms with Gasteiger partial charge in [0.2, 0.25) is 0 Å². The molecule has 0 unspecified atom stereocenters. The Morgan fingerprint density at radius 3 is 2.68 bits per heavy atom. The molecular formula is C14H11BrFNOS. The molecule has 0 aliphatic heterocycles. The Balaban J connectivity index is 2.20. The van der Waals surface area contributed by atoms with Crippen molar-refractivity contribution < 1.29 is 9.13 Å². The van der Waals surface area contributed by atoms with Gasteiger partial charge in [-0.15, -0.1) is 0 Å². The number of benzene rings is 2. The van der Waals surface area contributed by atoms with Gasteiger partial charge in [0.15, 0.2) is 0 Å². The van der Waals surface area contributed by atoms with E-state index < -0.39 is 5.82 Å². The molecule has 0 aliphatic rings. The monoisotopic (exact) mass is 339 g/mol. The third kappa shape index (κ3) is 3.52. The van der Waals surface area contributed by atoms with E-state index >= 15 is 0 Å². The Bertz CT molecular complexity index is 618. The molecule has 5 heteroatoms. The maximum atomic E-state index is 13.2. The molecule has 0 amide bonds. The molecule has 2 nitrogen and oxygen atoms in total. The molecule has 0 spiro atoms. The molecule has 2 aromatic carbocycles. The number of ether oxygens (including phenoxy) is 1. The fraction of sp³-hybridized carbons (Fsp3) is 0.0714. The molecule has 0 saturated heterocycles. The standard InChI is InChI=1S/C14H11BrFNOS/c15-12-4-2-1-3-9(12)8-18-13-6-5-10(16)7-11(13)14(17)19/h1-7H,8H2,(H2,17,19). The molecule has 0 atom stereocenters. The van der Waals surface area contributed by atoms with Crippen molar-refractivity contribution in [2.24, 2.45) is 5.73 Å². The van der Waals surface area contributed by atoms with Crippen LogP contribution in [0.3, 0.4) is 0 Å². The van der Waals surface area contributed by atoms with Gasteiger partial charge in [0.1, 0.15) is 23.2 Å². The van der Waals surface area contributed by atoms with Crippen molar-refractivity contribution in [3.8, 4) is 5.75 Å². The van der Waals surface area contributed by atoms with Crippen molar-refractivity contribution in [2.75, 3.05) is 0 Å². The molecule has 0 bridgehead atoms. The minimum atomic E-state index is -0.393. The van der Waals surface area contributed by atoms with Crippen molar-refractivity contribution in [3.63, 3.8) is 0 Å². The van der Waals surface area contributed by atoms with Gasteiger partial charge in [-0.2, -0.15) is 0 Å². The van der Waals surface area contributed by atoms with Gasteiger partial charge in [0.05, 0.1) is 5.56 Å². The number of nitrogens with two attached hydrogens (primary N) is 1. The number of halogens is 2. The van der Waals surface area contributed by atoms with Crippen LogP contribution in [0.2, 0.25) is 0 Å². The molecule has 2 rings (SSSR count). The van der Waals surface area contributed by atoms with E-state index in [9.17, 15) is 4.39 Å². The van der Waals surface area contributed by atoms with Crippen molar-refractivity contribution in [1.29, 1.82) is 0 Å². The molecule has 0 saturated carbocycles. The topological polar surface area (TPSA) is 35.2 Å². The number of hydrogen-bond acceptors (Lipinski definition) is 2. The highest BCUT2D eigenvalue weighted by molar-refractivity contribution is 9.10. The SMILES string of the molecule is NC(=S)c1cc(F)ccc1OCc1ccccc1Br. The van der Waals surface area contributed by atoms with E-state index in [4.69, 9.17) is 22.7 Å². The van der Waals surface area contributed by atoms with Crippen LogP contribution in [0.5, 0.6) is 5.75 Å². The Hall–Kier alpha value is -1.46. The fourth-order valence-electron chi connectivity index (χ4n) is 1.59. The lowest BCUT2D eigenvalue weighted by molar-refractivity contribution is 0.304. The van der Waals surface area contributed by atoms with Gasteiger partial charge >= 0.3 is 0 Å². The minimum absolute atomic E-state index is 0.113. The fourth-order valence-corrected chi connectivity index (χ4v) is 2.15. The van der Waals surface area contributed by atoms with E-state index in [1.807, 2.05) is 24.3 Å². The largest absolute Gasteiger partial charge is 0.488 e. The average Bonchev–Trinajstić information content (AvgIpc) is 2.38. The summed E-state index contributed by atoms with van der Waals surface area (Å²) in [5.41, 5.74) is 6.95. The van der Waals surface area contributed by atoms with Crippen molar-refractivity contribution >= 4 is 33.1 Å². The first kappa shape index (κ1) is 14.0. The molecule has 2 N–H and O–H groups in total. The summed E-state index contributed by atoms with van der Waals surface area (Å²) in [6.07, 6.45) is 0. The van der Waals surface area contributed by atoms with Crippen LogP contribution in [-0.4, -0.2) is 4.99 Å². The van der Waals surface area contributed by atoms with Crippen LogP contribution < -0.4 is 10.5 Å². The first-order valence-electron chi connectivity index (χ1n) is 5.53. The third-order valence-corrected chi connectivity index (χ3v) is 3.54. The van der Waals surface area contributed by atoms with Crippen LogP contribution in [-0.2, 0) is 6.61 Å². The molecule has 98 valence electrons. The van der Waals surface area contributed by atoms with Gasteiger partial charge in [-0.3, -0.25) is 0 Å². The Morgan fingerprint density at radius 1 is 1.26 bits per heavy atom. The van der Waals surface area contributed by atoms with Crippen molar-refractivity contribution in [3.05, 3.63) is 63.9 Å². The van der Waals surface area contributed by atoms with Gasteiger partial charge in [-0.25, -0.2) is 4.39 Å². The second-order valence-electron chi connectivity index (χ2n) is 3.88. The van der Waals surface area contributed by atoms with E-state index in [1.165, 1.54) is 18.2 Å². The highest BCUT2D eigenvalue weighted by atomic mass is 79.9. The zero-order chi connectivity index (χ0) is 13.8. The summed E-state index contributed by atoms with van der Waals surface area (Å²) < 4.78 is 19.8. The Morgan fingerprint density at radius 2 is 2.00 bits per heavy atom. The quantitative estimate of drug-likeness (QED) is 0.860. The normalized spacial score (nSPS) is 10.2. The zero-order valence-corrected chi connectivity index (χ0v) is 12.3. The van der Waals surface area contributed by atoms with Gasteiger partial charge < -0.3 is 10.5 Å². The van der Waals surface area contributed by atoms with Crippen LogP contribution in [0.4, 0.5) is 4.39 Å². The predicted octanol–water partition coefficient (Wildman–Crippen LogP) is 3.80. The molecule has 0 aliphatic carbocycles. The summed E-state index contributed by atoms with van der Waals surface area (Å²) >= 11 is 8.33. The Labute approximate surface area is 124 Å². The zero-order valence-electron chi connectivity index (χ0n) is 9.90. The molecule has 0 radical (unpaired) electrons. The molecule has 0 fully saturated rings. The smallest absolute Gasteiger partial charge is 0.130 e. The molecule has 0 heterocycles. The van der Waals surface area contributed by atoms with Crippen LogP contribution in [0.1, 0.15) is 11.1 Å². The van der Waals surface area contributed by atoms with Crippen LogP contribution in [0.25, 0.3) is 0 Å². The van der Waals surface area contributed by atoms with Gasteiger partial charge in [0, 0.05) is 10.0 Å². The van der Waals surface area contributed by atoms with Gasteiger partial charge in [-0.1, -0.05) is 46.3 Å². The first-order valence-corrected chi connectivity index (χ1v) is 6.73. The van der Waals surface area contributed by atoms with Crippen molar-refractivity contribution in [2.45, 2.75) is 6.61 Å². The van der Waals surface area contributed by atoms with Gasteiger partial charge in [-0.05, 0) is 24.3 Å². The molecular weight excluding hydrogens is 329 g/mol. The summed E-state index contributed by atoms with van der Waals surface area (Å²) in [7, 11) is 0. The third-order valence-electron chi connectivity index (χ3n) is 2.55. The maximum absolute atomic E-state index is 13.2. The lowest BCUT2D eigenvalue weighted by Crippen LogP contribution is -2.12. The average molecular weight is 340 g/mol. The summed E-state index contributed by atoms with van der Waals surface area (Å²) in [5, 5.41) is 0.